The molecule has 96 valence electrons. The summed E-state index contributed by atoms with van der Waals surface area (Å²) < 4.78 is 6.66. The molecule has 2 rings (SSSR count). The summed E-state index contributed by atoms with van der Waals surface area (Å²) in [7, 11) is 1.58. The van der Waals surface area contributed by atoms with Crippen LogP contribution in [0.5, 0.6) is 0 Å². The lowest BCUT2D eigenvalue weighted by atomic mass is 10.4. The van der Waals surface area contributed by atoms with Gasteiger partial charge in [0.05, 0.1) is 12.3 Å². The Morgan fingerprint density at radius 1 is 1.50 bits per heavy atom. The van der Waals surface area contributed by atoms with E-state index in [0.717, 1.165) is 5.82 Å². The normalized spacial score (nSPS) is 10.6. The molecule has 2 aromatic heterocycles. The lowest BCUT2D eigenvalue weighted by Gasteiger charge is -2.07. The van der Waals surface area contributed by atoms with Gasteiger partial charge in [0.1, 0.15) is 5.82 Å². The second kappa shape index (κ2) is 5.46. The van der Waals surface area contributed by atoms with E-state index in [0.29, 0.717) is 24.5 Å². The number of amides is 2. The van der Waals surface area contributed by atoms with Gasteiger partial charge in [-0.3, -0.25) is 4.40 Å². The van der Waals surface area contributed by atoms with Crippen LogP contribution in [0.1, 0.15) is 5.82 Å². The number of methoxy groups -OCH3 is 1. The molecule has 2 heterocycles. The molecule has 0 radical (unpaired) electrons. The molecule has 0 aliphatic rings. The van der Waals surface area contributed by atoms with Crippen LogP contribution in [-0.2, 0) is 4.74 Å². The molecule has 0 fully saturated rings. The molecular formula is C11H15N5O2. The molecule has 0 bridgehead atoms. The molecule has 0 spiro atoms. The summed E-state index contributed by atoms with van der Waals surface area (Å²) in [6, 6.07) is 3.31. The highest BCUT2D eigenvalue weighted by Crippen LogP contribution is 2.14. The fraction of sp³-hybridized carbons (Fsp3) is 0.364. The molecule has 0 aliphatic carbocycles. The SMILES string of the molecule is COCCNC(=O)Nc1cccn2c(C)nnc12. The van der Waals surface area contributed by atoms with Gasteiger partial charge in [-0.05, 0) is 19.1 Å². The lowest BCUT2D eigenvalue weighted by Crippen LogP contribution is -2.31. The first-order chi connectivity index (χ1) is 8.72. The largest absolute Gasteiger partial charge is 0.383 e. The zero-order valence-electron chi connectivity index (χ0n) is 10.3. The van der Waals surface area contributed by atoms with Crippen LogP contribution in [0, 0.1) is 6.92 Å². The first-order valence-corrected chi connectivity index (χ1v) is 5.56. The number of hydrogen-bond acceptors (Lipinski definition) is 4. The molecule has 2 N–H and O–H groups in total. The third kappa shape index (κ3) is 2.57. The molecule has 7 nitrogen and oxygen atoms in total. The van der Waals surface area contributed by atoms with Gasteiger partial charge in [-0.25, -0.2) is 4.79 Å². The number of anilines is 1. The molecule has 0 saturated heterocycles. The number of hydrogen-bond donors (Lipinski definition) is 2. The van der Waals surface area contributed by atoms with Crippen LogP contribution in [0.2, 0.25) is 0 Å². The molecule has 2 amide bonds. The van der Waals surface area contributed by atoms with E-state index in [9.17, 15) is 4.79 Å². The van der Waals surface area contributed by atoms with Gasteiger partial charge in [0.25, 0.3) is 0 Å². The highest BCUT2D eigenvalue weighted by atomic mass is 16.5. The number of fused-ring (bicyclic) bond motifs is 1. The van der Waals surface area contributed by atoms with Crippen molar-refractivity contribution in [1.29, 1.82) is 0 Å². The number of nitrogens with one attached hydrogen (secondary N) is 2. The molecule has 2 aromatic rings. The standard InChI is InChI=1S/C11H15N5O2/c1-8-14-15-10-9(4-3-6-16(8)10)13-11(17)12-5-7-18-2/h3-4,6H,5,7H2,1-2H3,(H2,12,13,17). The smallest absolute Gasteiger partial charge is 0.319 e. The maximum Gasteiger partial charge on any atom is 0.319 e. The molecule has 0 unspecified atom stereocenters. The summed E-state index contributed by atoms with van der Waals surface area (Å²) in [4.78, 5) is 11.6. The summed E-state index contributed by atoms with van der Waals surface area (Å²) in [5.74, 6) is 0.772. The number of pyridine rings is 1. The number of nitrogens with zero attached hydrogens (tertiary/aromatic N) is 3. The number of rotatable bonds is 4. The number of carbonyl (C=O) groups is 1. The van der Waals surface area contributed by atoms with Crippen molar-refractivity contribution < 1.29 is 9.53 Å². The van der Waals surface area contributed by atoms with Crippen molar-refractivity contribution in [3.8, 4) is 0 Å². The van der Waals surface area contributed by atoms with E-state index in [1.807, 2.05) is 23.6 Å². The number of ether oxygens (including phenoxy) is 1. The number of aryl methyl sites for hydroxylation is 1. The van der Waals surface area contributed by atoms with Crippen LogP contribution >= 0.6 is 0 Å². The van der Waals surface area contributed by atoms with Gasteiger partial charge in [-0.2, -0.15) is 0 Å². The number of aromatic nitrogens is 3. The summed E-state index contributed by atoms with van der Waals surface area (Å²) >= 11 is 0. The Kier molecular flexibility index (Phi) is 3.73. The Morgan fingerprint density at radius 2 is 2.33 bits per heavy atom. The predicted molar refractivity (Wildman–Crippen MR) is 66.6 cm³/mol. The van der Waals surface area contributed by atoms with E-state index >= 15 is 0 Å². The molecule has 0 aromatic carbocycles. The van der Waals surface area contributed by atoms with E-state index in [1.54, 1.807) is 13.2 Å². The van der Waals surface area contributed by atoms with Crippen LogP contribution in [0.25, 0.3) is 5.65 Å². The van der Waals surface area contributed by atoms with Crippen LogP contribution in [0.4, 0.5) is 10.5 Å². The number of urea groups is 1. The monoisotopic (exact) mass is 249 g/mol. The summed E-state index contributed by atoms with van der Waals surface area (Å²) in [6.07, 6.45) is 1.85. The van der Waals surface area contributed by atoms with Crippen molar-refractivity contribution in [2.45, 2.75) is 6.92 Å². The van der Waals surface area contributed by atoms with Gasteiger partial charge in [0, 0.05) is 19.9 Å². The van der Waals surface area contributed by atoms with Crippen LogP contribution < -0.4 is 10.6 Å². The second-order valence-corrected chi connectivity index (χ2v) is 3.74. The van der Waals surface area contributed by atoms with Crippen molar-refractivity contribution >= 4 is 17.4 Å². The highest BCUT2D eigenvalue weighted by molar-refractivity contribution is 5.92. The van der Waals surface area contributed by atoms with Crippen molar-refractivity contribution in [3.05, 3.63) is 24.2 Å². The first kappa shape index (κ1) is 12.3. The van der Waals surface area contributed by atoms with E-state index in [-0.39, 0.29) is 6.03 Å². The predicted octanol–water partition coefficient (Wildman–Crippen LogP) is 0.806. The van der Waals surface area contributed by atoms with Gasteiger partial charge in [0.15, 0.2) is 5.65 Å². The molecular weight excluding hydrogens is 234 g/mol. The summed E-state index contributed by atoms with van der Waals surface area (Å²) in [5, 5.41) is 13.4. The third-order valence-electron chi connectivity index (χ3n) is 2.45. The fourth-order valence-electron chi connectivity index (χ4n) is 1.56. The maximum absolute atomic E-state index is 11.6. The van der Waals surface area contributed by atoms with Crippen LogP contribution in [-0.4, -0.2) is 40.9 Å². The second-order valence-electron chi connectivity index (χ2n) is 3.74. The van der Waals surface area contributed by atoms with Crippen molar-refractivity contribution in [2.24, 2.45) is 0 Å². The summed E-state index contributed by atoms with van der Waals surface area (Å²) in [5.41, 5.74) is 1.24. The minimum absolute atomic E-state index is 0.291. The Labute approximate surface area is 104 Å². The van der Waals surface area contributed by atoms with Gasteiger partial charge in [0.2, 0.25) is 0 Å². The zero-order chi connectivity index (χ0) is 13.0. The number of carbonyl (C=O) groups excluding carboxylic acids is 1. The van der Waals surface area contributed by atoms with E-state index in [2.05, 4.69) is 20.8 Å². The average molecular weight is 249 g/mol. The van der Waals surface area contributed by atoms with Gasteiger partial charge in [-0.1, -0.05) is 0 Å². The van der Waals surface area contributed by atoms with Crippen LogP contribution in [0.15, 0.2) is 18.3 Å². The topological polar surface area (TPSA) is 80.5 Å². The minimum Gasteiger partial charge on any atom is -0.383 e. The third-order valence-corrected chi connectivity index (χ3v) is 2.45. The van der Waals surface area contributed by atoms with Gasteiger partial charge in [-0.15, -0.1) is 10.2 Å². The fourth-order valence-corrected chi connectivity index (χ4v) is 1.56. The van der Waals surface area contributed by atoms with E-state index in [1.165, 1.54) is 0 Å². The molecule has 7 heteroatoms. The van der Waals surface area contributed by atoms with Gasteiger partial charge < -0.3 is 15.4 Å². The Bertz CT molecular complexity index is 551. The molecule has 18 heavy (non-hydrogen) atoms. The Hall–Kier alpha value is -2.15. The van der Waals surface area contributed by atoms with E-state index < -0.39 is 0 Å². The van der Waals surface area contributed by atoms with Gasteiger partial charge >= 0.3 is 6.03 Å². The first-order valence-electron chi connectivity index (χ1n) is 5.56. The lowest BCUT2D eigenvalue weighted by molar-refractivity contribution is 0.198. The molecule has 0 saturated carbocycles. The zero-order valence-corrected chi connectivity index (χ0v) is 10.3. The van der Waals surface area contributed by atoms with Crippen molar-refractivity contribution in [2.75, 3.05) is 25.6 Å². The summed E-state index contributed by atoms with van der Waals surface area (Å²) in [6.45, 7) is 2.78. The Morgan fingerprint density at radius 3 is 3.11 bits per heavy atom. The van der Waals surface area contributed by atoms with Crippen molar-refractivity contribution in [1.82, 2.24) is 19.9 Å². The highest BCUT2D eigenvalue weighted by Gasteiger charge is 2.08. The molecule has 0 aliphatic heterocycles. The molecule has 0 atom stereocenters. The van der Waals surface area contributed by atoms with Crippen molar-refractivity contribution in [3.63, 3.8) is 0 Å². The quantitative estimate of drug-likeness (QED) is 0.786. The maximum atomic E-state index is 11.6. The Balaban J connectivity index is 2.09. The van der Waals surface area contributed by atoms with E-state index in [4.69, 9.17) is 4.74 Å². The minimum atomic E-state index is -0.291. The van der Waals surface area contributed by atoms with Crippen LogP contribution in [0.3, 0.4) is 0 Å². The average Bonchev–Trinajstić information content (AvgIpc) is 2.73.